The second kappa shape index (κ2) is 7.72. The average Bonchev–Trinajstić information content (AvgIpc) is 2.48. The minimum Gasteiger partial charge on any atom is -0.383 e. The monoisotopic (exact) mass is 271 g/mol. The van der Waals surface area contributed by atoms with Gasteiger partial charge >= 0.3 is 0 Å². The molecule has 0 saturated carbocycles. The Labute approximate surface area is 120 Å². The zero-order valence-corrected chi connectivity index (χ0v) is 12.1. The minimum absolute atomic E-state index is 0.715. The van der Waals surface area contributed by atoms with E-state index in [1.54, 1.807) is 7.11 Å². The Morgan fingerprint density at radius 3 is 2.60 bits per heavy atom. The Bertz CT molecular complexity index is 526. The Balaban J connectivity index is 1.90. The maximum Gasteiger partial charge on any atom is 0.132 e. The van der Waals surface area contributed by atoms with Crippen LogP contribution in [-0.4, -0.2) is 30.2 Å². The van der Waals surface area contributed by atoms with Crippen molar-refractivity contribution in [2.75, 3.05) is 20.3 Å². The maximum atomic E-state index is 4.98. The molecule has 1 aromatic heterocycles. The molecule has 1 N–H and O–H groups in total. The van der Waals surface area contributed by atoms with Crippen molar-refractivity contribution in [1.82, 2.24) is 15.3 Å². The predicted molar refractivity (Wildman–Crippen MR) is 79.6 cm³/mol. The van der Waals surface area contributed by atoms with Crippen LogP contribution in [-0.2, 0) is 17.7 Å². The molecular formula is C16H21N3O. The molecule has 0 fully saturated rings. The fraction of sp³-hybridized carbons (Fsp3) is 0.375. The van der Waals surface area contributed by atoms with Crippen LogP contribution in [0.3, 0.4) is 0 Å². The summed E-state index contributed by atoms with van der Waals surface area (Å²) in [6, 6.07) is 8.34. The second-order valence-electron chi connectivity index (χ2n) is 4.78. The lowest BCUT2D eigenvalue weighted by Crippen LogP contribution is -2.18. The second-order valence-corrected chi connectivity index (χ2v) is 4.78. The van der Waals surface area contributed by atoms with E-state index < -0.39 is 0 Å². The van der Waals surface area contributed by atoms with Gasteiger partial charge in [-0.15, -0.1) is 0 Å². The molecule has 0 bridgehead atoms. The lowest BCUT2D eigenvalue weighted by Gasteiger charge is -2.06. The van der Waals surface area contributed by atoms with Crippen LogP contribution in [0.1, 0.15) is 22.5 Å². The van der Waals surface area contributed by atoms with Crippen LogP contribution < -0.4 is 5.32 Å². The first-order valence-corrected chi connectivity index (χ1v) is 6.83. The number of hydrogen-bond donors (Lipinski definition) is 1. The van der Waals surface area contributed by atoms with Gasteiger partial charge in [-0.25, -0.2) is 9.97 Å². The van der Waals surface area contributed by atoms with Crippen LogP contribution in [0.4, 0.5) is 0 Å². The number of ether oxygens (including phenoxy) is 1. The average molecular weight is 271 g/mol. The Kier molecular flexibility index (Phi) is 5.65. The third kappa shape index (κ3) is 4.40. The van der Waals surface area contributed by atoms with Crippen molar-refractivity contribution >= 4 is 0 Å². The van der Waals surface area contributed by atoms with Gasteiger partial charge in [-0.2, -0.15) is 0 Å². The van der Waals surface area contributed by atoms with E-state index in [0.29, 0.717) is 6.61 Å². The van der Waals surface area contributed by atoms with Crippen LogP contribution in [0.15, 0.2) is 36.7 Å². The van der Waals surface area contributed by atoms with Gasteiger partial charge in [0.1, 0.15) is 5.82 Å². The first-order valence-electron chi connectivity index (χ1n) is 6.83. The van der Waals surface area contributed by atoms with Crippen LogP contribution in [0.25, 0.3) is 0 Å². The molecule has 4 heteroatoms. The Morgan fingerprint density at radius 1 is 1.15 bits per heavy atom. The molecule has 0 atom stereocenters. The predicted octanol–water partition coefficient (Wildman–Crippen LogP) is 2.11. The number of nitrogens with zero attached hydrogens (tertiary/aromatic N) is 2. The molecule has 0 spiro atoms. The third-order valence-corrected chi connectivity index (χ3v) is 3.18. The van der Waals surface area contributed by atoms with Crippen LogP contribution >= 0.6 is 0 Å². The summed E-state index contributed by atoms with van der Waals surface area (Å²) in [6.45, 7) is 4.44. The quantitative estimate of drug-likeness (QED) is 0.784. The van der Waals surface area contributed by atoms with E-state index in [4.69, 9.17) is 4.74 Å². The molecule has 106 valence electrons. The number of aromatic nitrogens is 2. The summed E-state index contributed by atoms with van der Waals surface area (Å²) in [4.78, 5) is 8.86. The van der Waals surface area contributed by atoms with Crippen molar-refractivity contribution in [3.05, 3.63) is 59.2 Å². The molecule has 2 aromatic rings. The van der Waals surface area contributed by atoms with Crippen molar-refractivity contribution < 1.29 is 4.74 Å². The third-order valence-electron chi connectivity index (χ3n) is 3.18. The topological polar surface area (TPSA) is 47.0 Å². The smallest absolute Gasteiger partial charge is 0.132 e. The molecule has 2 rings (SSSR count). The standard InChI is InChI=1S/C16H21N3O/c1-13-5-3-4-6-15(13)9-16-18-11-14(12-19-16)10-17-7-8-20-2/h3-6,11-12,17H,7-10H2,1-2H3. The highest BCUT2D eigenvalue weighted by Gasteiger charge is 2.02. The summed E-state index contributed by atoms with van der Waals surface area (Å²) >= 11 is 0. The van der Waals surface area contributed by atoms with E-state index in [2.05, 4.69) is 46.5 Å². The molecular weight excluding hydrogens is 250 g/mol. The van der Waals surface area contributed by atoms with Gasteiger partial charge in [0, 0.05) is 44.6 Å². The van der Waals surface area contributed by atoms with E-state index in [9.17, 15) is 0 Å². The van der Waals surface area contributed by atoms with Crippen LogP contribution in [0, 0.1) is 6.92 Å². The number of benzene rings is 1. The number of nitrogens with one attached hydrogen (secondary N) is 1. The Morgan fingerprint density at radius 2 is 1.90 bits per heavy atom. The molecule has 0 aliphatic carbocycles. The molecule has 20 heavy (non-hydrogen) atoms. The van der Waals surface area contributed by atoms with Gasteiger partial charge in [0.05, 0.1) is 6.61 Å². The minimum atomic E-state index is 0.715. The molecule has 0 aliphatic heterocycles. The van der Waals surface area contributed by atoms with E-state index >= 15 is 0 Å². The summed E-state index contributed by atoms with van der Waals surface area (Å²) < 4.78 is 4.98. The van der Waals surface area contributed by atoms with Gasteiger partial charge in [-0.05, 0) is 18.1 Å². The maximum absolute atomic E-state index is 4.98. The Hall–Kier alpha value is -1.78. The molecule has 1 aromatic carbocycles. The van der Waals surface area contributed by atoms with Crippen LogP contribution in [0.2, 0.25) is 0 Å². The molecule has 0 unspecified atom stereocenters. The van der Waals surface area contributed by atoms with Gasteiger partial charge in [0.15, 0.2) is 0 Å². The lowest BCUT2D eigenvalue weighted by molar-refractivity contribution is 0.199. The van der Waals surface area contributed by atoms with E-state index in [-0.39, 0.29) is 0 Å². The van der Waals surface area contributed by atoms with Crippen molar-refractivity contribution in [2.45, 2.75) is 19.9 Å². The van der Waals surface area contributed by atoms with Gasteiger partial charge in [0.25, 0.3) is 0 Å². The number of rotatable bonds is 7. The van der Waals surface area contributed by atoms with E-state index in [1.165, 1.54) is 11.1 Å². The number of hydrogen-bond acceptors (Lipinski definition) is 4. The normalized spacial score (nSPS) is 10.7. The molecule has 1 heterocycles. The molecule has 4 nitrogen and oxygen atoms in total. The molecule has 0 aliphatic rings. The van der Waals surface area contributed by atoms with Crippen molar-refractivity contribution in [2.24, 2.45) is 0 Å². The molecule has 0 amide bonds. The highest BCUT2D eigenvalue weighted by molar-refractivity contribution is 5.28. The van der Waals surface area contributed by atoms with E-state index in [1.807, 2.05) is 12.4 Å². The largest absolute Gasteiger partial charge is 0.383 e. The van der Waals surface area contributed by atoms with Crippen molar-refractivity contribution in [1.29, 1.82) is 0 Å². The van der Waals surface area contributed by atoms with Gasteiger partial charge < -0.3 is 10.1 Å². The highest BCUT2D eigenvalue weighted by Crippen LogP contribution is 2.10. The summed E-state index contributed by atoms with van der Waals surface area (Å²) in [5.74, 6) is 0.861. The number of aryl methyl sites for hydroxylation is 1. The first kappa shape index (κ1) is 14.6. The highest BCUT2D eigenvalue weighted by atomic mass is 16.5. The fourth-order valence-corrected chi connectivity index (χ4v) is 1.95. The number of methoxy groups -OCH3 is 1. The van der Waals surface area contributed by atoms with E-state index in [0.717, 1.165) is 30.9 Å². The zero-order chi connectivity index (χ0) is 14.2. The van der Waals surface area contributed by atoms with Crippen LogP contribution in [0.5, 0.6) is 0 Å². The summed E-state index contributed by atoms with van der Waals surface area (Å²) in [5.41, 5.74) is 3.65. The summed E-state index contributed by atoms with van der Waals surface area (Å²) in [6.07, 6.45) is 4.56. The molecule has 0 saturated heterocycles. The van der Waals surface area contributed by atoms with Crippen molar-refractivity contribution in [3.8, 4) is 0 Å². The fourth-order valence-electron chi connectivity index (χ4n) is 1.95. The molecule has 0 radical (unpaired) electrons. The summed E-state index contributed by atoms with van der Waals surface area (Å²) in [5, 5.41) is 3.28. The summed E-state index contributed by atoms with van der Waals surface area (Å²) in [7, 11) is 1.70. The lowest BCUT2D eigenvalue weighted by atomic mass is 10.1. The van der Waals surface area contributed by atoms with Gasteiger partial charge in [0.2, 0.25) is 0 Å². The van der Waals surface area contributed by atoms with Gasteiger partial charge in [-0.1, -0.05) is 24.3 Å². The first-order chi connectivity index (χ1) is 9.79. The SMILES string of the molecule is COCCNCc1cnc(Cc2ccccc2C)nc1. The zero-order valence-electron chi connectivity index (χ0n) is 12.1. The van der Waals surface area contributed by atoms with Gasteiger partial charge in [-0.3, -0.25) is 0 Å². The van der Waals surface area contributed by atoms with Crippen molar-refractivity contribution in [3.63, 3.8) is 0 Å².